The van der Waals surface area contributed by atoms with E-state index in [9.17, 15) is 9.18 Å². The van der Waals surface area contributed by atoms with Gasteiger partial charge in [-0.2, -0.15) is 5.10 Å². The minimum atomic E-state index is -0.534. The standard InChI is InChI=1S/C17H12BrClFN3O2/c18-11-1-6-15(14(20)9-11)21-17(24)16-7-8-23(22-16)10-25-13-4-2-12(19)3-5-13/h1-9H,10H2,(H,21,24). The molecular weight excluding hydrogens is 413 g/mol. The van der Waals surface area contributed by atoms with Crippen molar-refractivity contribution in [1.82, 2.24) is 9.78 Å². The van der Waals surface area contributed by atoms with Crippen LogP contribution < -0.4 is 10.1 Å². The van der Waals surface area contributed by atoms with Gasteiger partial charge in [0.15, 0.2) is 12.4 Å². The number of amides is 1. The van der Waals surface area contributed by atoms with Crippen LogP contribution in [0.5, 0.6) is 5.75 Å². The maximum Gasteiger partial charge on any atom is 0.276 e. The molecule has 25 heavy (non-hydrogen) atoms. The molecule has 0 aliphatic carbocycles. The van der Waals surface area contributed by atoms with Gasteiger partial charge in [-0.15, -0.1) is 0 Å². The number of carbonyl (C=O) groups excluding carboxylic acids is 1. The van der Waals surface area contributed by atoms with E-state index in [1.165, 1.54) is 22.9 Å². The number of anilines is 1. The molecule has 3 rings (SSSR count). The van der Waals surface area contributed by atoms with Gasteiger partial charge in [0.05, 0.1) is 5.69 Å². The summed E-state index contributed by atoms with van der Waals surface area (Å²) in [5.41, 5.74) is 0.238. The van der Waals surface area contributed by atoms with E-state index in [0.717, 1.165) is 0 Å². The summed E-state index contributed by atoms with van der Waals surface area (Å²) >= 11 is 8.97. The summed E-state index contributed by atoms with van der Waals surface area (Å²) < 4.78 is 21.4. The summed E-state index contributed by atoms with van der Waals surface area (Å²) in [5.74, 6) is -0.414. The quantitative estimate of drug-likeness (QED) is 0.644. The molecule has 8 heteroatoms. The fraction of sp³-hybridized carbons (Fsp3) is 0.0588. The van der Waals surface area contributed by atoms with Crippen LogP contribution >= 0.6 is 27.5 Å². The Labute approximate surface area is 156 Å². The van der Waals surface area contributed by atoms with Crippen molar-refractivity contribution >= 4 is 39.1 Å². The molecule has 0 saturated carbocycles. The first kappa shape index (κ1) is 17.4. The highest BCUT2D eigenvalue weighted by molar-refractivity contribution is 9.10. The van der Waals surface area contributed by atoms with Crippen molar-refractivity contribution < 1.29 is 13.9 Å². The smallest absolute Gasteiger partial charge is 0.276 e. The number of nitrogens with one attached hydrogen (secondary N) is 1. The molecule has 1 N–H and O–H groups in total. The van der Waals surface area contributed by atoms with Gasteiger partial charge in [-0.1, -0.05) is 27.5 Å². The van der Waals surface area contributed by atoms with Gasteiger partial charge >= 0.3 is 0 Å². The van der Waals surface area contributed by atoms with Gasteiger partial charge in [-0.05, 0) is 48.5 Å². The third-order valence-electron chi connectivity index (χ3n) is 3.23. The van der Waals surface area contributed by atoms with Crippen LogP contribution in [-0.2, 0) is 6.73 Å². The Kier molecular flexibility index (Phi) is 5.35. The van der Waals surface area contributed by atoms with Gasteiger partial charge in [0.1, 0.15) is 11.6 Å². The molecule has 5 nitrogen and oxygen atoms in total. The lowest BCUT2D eigenvalue weighted by Gasteiger charge is -2.06. The Morgan fingerprint density at radius 2 is 2.00 bits per heavy atom. The Bertz CT molecular complexity index is 899. The molecule has 1 heterocycles. The first-order valence-corrected chi connectivity index (χ1v) is 8.36. The Hall–Kier alpha value is -2.38. The molecule has 0 saturated heterocycles. The molecule has 0 bridgehead atoms. The molecule has 0 radical (unpaired) electrons. The molecule has 0 atom stereocenters. The van der Waals surface area contributed by atoms with Crippen LogP contribution in [0.3, 0.4) is 0 Å². The van der Waals surface area contributed by atoms with E-state index in [-0.39, 0.29) is 18.1 Å². The third-order valence-corrected chi connectivity index (χ3v) is 3.97. The van der Waals surface area contributed by atoms with Gasteiger partial charge in [-0.3, -0.25) is 4.79 Å². The van der Waals surface area contributed by atoms with Crippen LogP contribution in [0.25, 0.3) is 0 Å². The molecule has 0 aliphatic heterocycles. The first-order chi connectivity index (χ1) is 12.0. The minimum Gasteiger partial charge on any atom is -0.471 e. The van der Waals surface area contributed by atoms with Gasteiger partial charge in [0.2, 0.25) is 0 Å². The zero-order chi connectivity index (χ0) is 17.8. The molecular formula is C17H12BrClFN3O2. The summed E-state index contributed by atoms with van der Waals surface area (Å²) in [7, 11) is 0. The minimum absolute atomic E-state index is 0.0835. The summed E-state index contributed by atoms with van der Waals surface area (Å²) in [4.78, 5) is 12.2. The van der Waals surface area contributed by atoms with Gasteiger partial charge in [0, 0.05) is 15.7 Å². The number of carbonyl (C=O) groups is 1. The van der Waals surface area contributed by atoms with Crippen LogP contribution in [-0.4, -0.2) is 15.7 Å². The second kappa shape index (κ2) is 7.67. The number of hydrogen-bond donors (Lipinski definition) is 1. The summed E-state index contributed by atoms with van der Waals surface area (Å²) in [6.07, 6.45) is 1.60. The number of hydrogen-bond acceptors (Lipinski definition) is 3. The molecule has 2 aromatic carbocycles. The molecule has 1 aromatic heterocycles. The van der Waals surface area contributed by atoms with Crippen LogP contribution in [0.4, 0.5) is 10.1 Å². The average Bonchev–Trinajstić information content (AvgIpc) is 3.06. The molecule has 0 unspecified atom stereocenters. The van der Waals surface area contributed by atoms with Gasteiger partial charge < -0.3 is 10.1 Å². The van der Waals surface area contributed by atoms with E-state index in [2.05, 4.69) is 26.3 Å². The van der Waals surface area contributed by atoms with E-state index in [1.807, 2.05) is 0 Å². The second-order valence-electron chi connectivity index (χ2n) is 5.05. The van der Waals surface area contributed by atoms with Crippen molar-refractivity contribution in [3.05, 3.63) is 75.7 Å². The predicted octanol–water partition coefficient (Wildman–Crippen LogP) is 4.73. The summed E-state index contributed by atoms with van der Waals surface area (Å²) in [5, 5.41) is 7.21. The summed E-state index contributed by atoms with van der Waals surface area (Å²) in [6.45, 7) is 0.127. The van der Waals surface area contributed by atoms with E-state index >= 15 is 0 Å². The number of aromatic nitrogens is 2. The Morgan fingerprint density at radius 3 is 2.72 bits per heavy atom. The van der Waals surface area contributed by atoms with Crippen molar-refractivity contribution in [2.75, 3.05) is 5.32 Å². The van der Waals surface area contributed by atoms with Crippen molar-refractivity contribution in [1.29, 1.82) is 0 Å². The van der Waals surface area contributed by atoms with Crippen molar-refractivity contribution in [2.24, 2.45) is 0 Å². The van der Waals surface area contributed by atoms with E-state index in [0.29, 0.717) is 15.2 Å². The number of ether oxygens (including phenoxy) is 1. The van der Waals surface area contributed by atoms with Crippen LogP contribution in [0, 0.1) is 5.82 Å². The predicted molar refractivity (Wildman–Crippen MR) is 96.4 cm³/mol. The molecule has 0 fully saturated rings. The number of benzene rings is 2. The molecule has 1 amide bonds. The first-order valence-electron chi connectivity index (χ1n) is 7.19. The van der Waals surface area contributed by atoms with Crippen LogP contribution in [0.15, 0.2) is 59.2 Å². The highest BCUT2D eigenvalue weighted by Crippen LogP contribution is 2.20. The van der Waals surface area contributed by atoms with E-state index in [1.54, 1.807) is 36.5 Å². The topological polar surface area (TPSA) is 56.2 Å². The zero-order valence-electron chi connectivity index (χ0n) is 12.7. The average molecular weight is 425 g/mol. The third kappa shape index (κ3) is 4.58. The maximum absolute atomic E-state index is 13.8. The molecule has 128 valence electrons. The summed E-state index contributed by atoms with van der Waals surface area (Å²) in [6, 6.07) is 12.8. The lowest BCUT2D eigenvalue weighted by Crippen LogP contribution is -2.15. The van der Waals surface area contributed by atoms with E-state index in [4.69, 9.17) is 16.3 Å². The van der Waals surface area contributed by atoms with Crippen molar-refractivity contribution in [3.63, 3.8) is 0 Å². The molecule has 0 spiro atoms. The molecule has 0 aliphatic rings. The lowest BCUT2D eigenvalue weighted by molar-refractivity contribution is 0.101. The van der Waals surface area contributed by atoms with Gasteiger partial charge in [-0.25, -0.2) is 9.07 Å². The maximum atomic E-state index is 13.8. The monoisotopic (exact) mass is 423 g/mol. The van der Waals surface area contributed by atoms with Crippen molar-refractivity contribution in [2.45, 2.75) is 6.73 Å². The number of nitrogens with zero attached hydrogens (tertiary/aromatic N) is 2. The Morgan fingerprint density at radius 1 is 1.24 bits per heavy atom. The van der Waals surface area contributed by atoms with Crippen LogP contribution in [0.2, 0.25) is 5.02 Å². The highest BCUT2D eigenvalue weighted by Gasteiger charge is 2.12. The number of halogens is 3. The lowest BCUT2D eigenvalue weighted by atomic mass is 10.3. The Balaban J connectivity index is 1.62. The fourth-order valence-corrected chi connectivity index (χ4v) is 2.46. The van der Waals surface area contributed by atoms with E-state index < -0.39 is 11.7 Å². The fourth-order valence-electron chi connectivity index (χ4n) is 2.00. The largest absolute Gasteiger partial charge is 0.471 e. The van der Waals surface area contributed by atoms with Crippen molar-refractivity contribution in [3.8, 4) is 5.75 Å². The van der Waals surface area contributed by atoms with Crippen LogP contribution in [0.1, 0.15) is 10.5 Å². The van der Waals surface area contributed by atoms with Gasteiger partial charge in [0.25, 0.3) is 5.91 Å². The second-order valence-corrected chi connectivity index (χ2v) is 6.40. The number of rotatable bonds is 5. The molecule has 3 aromatic rings. The normalized spacial score (nSPS) is 10.5. The highest BCUT2D eigenvalue weighted by atomic mass is 79.9. The zero-order valence-corrected chi connectivity index (χ0v) is 15.1. The SMILES string of the molecule is O=C(Nc1ccc(Br)cc1F)c1ccn(COc2ccc(Cl)cc2)n1.